The molecule has 1 amide bonds. The Morgan fingerprint density at radius 1 is 1.17 bits per heavy atom. The van der Waals surface area contributed by atoms with Crippen molar-refractivity contribution in [3.8, 4) is 23.0 Å². The lowest BCUT2D eigenvalue weighted by atomic mass is 9.77. The highest BCUT2D eigenvalue weighted by molar-refractivity contribution is 5.74. The van der Waals surface area contributed by atoms with Crippen LogP contribution in [0, 0.1) is 19.3 Å². The molecule has 29 heavy (non-hydrogen) atoms. The smallest absolute Gasteiger partial charge is 0.280 e. The van der Waals surface area contributed by atoms with Gasteiger partial charge in [0, 0.05) is 24.0 Å². The van der Waals surface area contributed by atoms with E-state index in [1.165, 1.54) is 0 Å². The monoisotopic (exact) mass is 394 g/mol. The van der Waals surface area contributed by atoms with Gasteiger partial charge in [-0.15, -0.1) is 0 Å². The van der Waals surface area contributed by atoms with Crippen LogP contribution in [0.5, 0.6) is 0 Å². The number of nitrogens with two attached hydrogens (primary N) is 1. The Hall–Kier alpha value is -2.96. The molecule has 2 heterocycles. The summed E-state index contributed by atoms with van der Waals surface area (Å²) in [5.74, 6) is 1.52. The molecule has 0 saturated heterocycles. The molecule has 7 nitrogen and oxygen atoms in total. The number of nitrogens with zero attached hydrogens (tertiary/aromatic N) is 3. The second-order valence-corrected chi connectivity index (χ2v) is 8.75. The highest BCUT2D eigenvalue weighted by atomic mass is 16.5. The number of aromatic nitrogens is 3. The predicted octanol–water partition coefficient (Wildman–Crippen LogP) is 3.94. The molecule has 3 aromatic rings. The molecule has 0 unspecified atom stereocenters. The van der Waals surface area contributed by atoms with Gasteiger partial charge in [0.2, 0.25) is 11.7 Å². The zero-order chi connectivity index (χ0) is 20.8. The summed E-state index contributed by atoms with van der Waals surface area (Å²) in [6.07, 6.45) is 3.79. The molecule has 0 aliphatic heterocycles. The minimum Gasteiger partial charge on any atom is -0.370 e. The lowest BCUT2D eigenvalue weighted by molar-refractivity contribution is -0.117. The van der Waals surface area contributed by atoms with Crippen LogP contribution in [-0.2, 0) is 24.1 Å². The van der Waals surface area contributed by atoms with Crippen molar-refractivity contribution in [1.82, 2.24) is 15.3 Å². The molecule has 1 aliphatic rings. The molecular formula is C22H26N4O3. The van der Waals surface area contributed by atoms with Crippen LogP contribution in [0.1, 0.15) is 54.7 Å². The first kappa shape index (κ1) is 19.4. The standard InChI is InChI=1S/C22H26N4O3/c1-12-9-14(10-13(2)15(12)5-6-18(23)27)20-24-21(29-26-20)19-16-7-8-22(3,4)11-17(16)28-25-19/h9-10H,5-8,11H2,1-4H3,(H2,23,27). The third-order valence-electron chi connectivity index (χ3n) is 5.76. The van der Waals surface area contributed by atoms with Crippen molar-refractivity contribution in [1.29, 1.82) is 0 Å². The van der Waals surface area contributed by atoms with Crippen LogP contribution in [0.4, 0.5) is 0 Å². The molecule has 2 N–H and O–H groups in total. The SMILES string of the molecule is Cc1cc(-c2noc(-c3noc4c3CCC(C)(C)C4)n2)cc(C)c1CCC(N)=O. The number of amides is 1. The minimum atomic E-state index is -0.296. The molecule has 4 rings (SSSR count). The van der Waals surface area contributed by atoms with Crippen LogP contribution in [-0.4, -0.2) is 21.2 Å². The van der Waals surface area contributed by atoms with Gasteiger partial charge in [-0.2, -0.15) is 4.98 Å². The first-order valence-electron chi connectivity index (χ1n) is 9.94. The average Bonchev–Trinajstić information content (AvgIpc) is 3.26. The Morgan fingerprint density at radius 3 is 2.59 bits per heavy atom. The first-order valence-corrected chi connectivity index (χ1v) is 9.94. The molecule has 2 aromatic heterocycles. The summed E-state index contributed by atoms with van der Waals surface area (Å²) >= 11 is 0. The quantitative estimate of drug-likeness (QED) is 0.702. The van der Waals surface area contributed by atoms with E-state index in [1.54, 1.807) is 0 Å². The van der Waals surface area contributed by atoms with Gasteiger partial charge < -0.3 is 14.8 Å². The van der Waals surface area contributed by atoms with E-state index in [2.05, 4.69) is 29.1 Å². The number of hydrogen-bond acceptors (Lipinski definition) is 6. The maximum Gasteiger partial charge on any atom is 0.280 e. The third-order valence-corrected chi connectivity index (χ3v) is 5.76. The number of carbonyl (C=O) groups excluding carboxylic acids is 1. The number of fused-ring (bicyclic) bond motifs is 1. The highest BCUT2D eigenvalue weighted by Gasteiger charge is 2.32. The fraction of sp³-hybridized carbons (Fsp3) is 0.455. The predicted molar refractivity (Wildman–Crippen MR) is 108 cm³/mol. The van der Waals surface area contributed by atoms with E-state index >= 15 is 0 Å². The van der Waals surface area contributed by atoms with Crippen LogP contribution < -0.4 is 5.73 Å². The number of aryl methyl sites for hydroxylation is 2. The van der Waals surface area contributed by atoms with Crippen LogP contribution >= 0.6 is 0 Å². The Kier molecular flexibility index (Phi) is 4.76. The summed E-state index contributed by atoms with van der Waals surface area (Å²) in [6, 6.07) is 4.03. The van der Waals surface area contributed by atoms with Gasteiger partial charge in [-0.1, -0.05) is 24.2 Å². The van der Waals surface area contributed by atoms with Gasteiger partial charge in [0.05, 0.1) is 0 Å². The molecule has 0 radical (unpaired) electrons. The molecule has 0 saturated carbocycles. The molecule has 0 atom stereocenters. The van der Waals surface area contributed by atoms with Crippen molar-refractivity contribution in [3.05, 3.63) is 40.1 Å². The lowest BCUT2D eigenvalue weighted by Crippen LogP contribution is -2.21. The topological polar surface area (TPSA) is 108 Å². The maximum absolute atomic E-state index is 11.1. The Labute approximate surface area is 169 Å². The summed E-state index contributed by atoms with van der Waals surface area (Å²) in [5, 5.41) is 8.38. The zero-order valence-corrected chi connectivity index (χ0v) is 17.3. The zero-order valence-electron chi connectivity index (χ0n) is 17.3. The van der Waals surface area contributed by atoms with Crippen LogP contribution in [0.2, 0.25) is 0 Å². The van der Waals surface area contributed by atoms with E-state index in [9.17, 15) is 4.79 Å². The van der Waals surface area contributed by atoms with E-state index in [0.29, 0.717) is 30.3 Å². The number of rotatable bonds is 5. The molecular weight excluding hydrogens is 368 g/mol. The van der Waals surface area contributed by atoms with E-state index in [1.807, 2.05) is 26.0 Å². The summed E-state index contributed by atoms with van der Waals surface area (Å²) in [4.78, 5) is 15.7. The van der Waals surface area contributed by atoms with Gasteiger partial charge >= 0.3 is 0 Å². The second kappa shape index (κ2) is 7.13. The summed E-state index contributed by atoms with van der Waals surface area (Å²) in [7, 11) is 0. The van der Waals surface area contributed by atoms with Gasteiger partial charge in [0.25, 0.3) is 5.89 Å². The van der Waals surface area contributed by atoms with Crippen LogP contribution in [0.15, 0.2) is 21.2 Å². The molecule has 0 spiro atoms. The van der Waals surface area contributed by atoms with E-state index in [-0.39, 0.29) is 11.3 Å². The van der Waals surface area contributed by atoms with Gasteiger partial charge in [0.1, 0.15) is 5.76 Å². The van der Waals surface area contributed by atoms with Crippen molar-refractivity contribution in [2.75, 3.05) is 0 Å². The average molecular weight is 394 g/mol. The van der Waals surface area contributed by atoms with Gasteiger partial charge in [0.15, 0.2) is 5.69 Å². The minimum absolute atomic E-state index is 0.217. The van der Waals surface area contributed by atoms with Crippen molar-refractivity contribution in [3.63, 3.8) is 0 Å². The van der Waals surface area contributed by atoms with E-state index < -0.39 is 0 Å². The van der Waals surface area contributed by atoms with E-state index in [0.717, 1.165) is 52.8 Å². The third kappa shape index (κ3) is 3.81. The number of hydrogen-bond donors (Lipinski definition) is 1. The Morgan fingerprint density at radius 2 is 1.90 bits per heavy atom. The van der Waals surface area contributed by atoms with Gasteiger partial charge in [-0.25, -0.2) is 0 Å². The molecule has 152 valence electrons. The fourth-order valence-electron chi connectivity index (χ4n) is 4.10. The largest absolute Gasteiger partial charge is 0.370 e. The summed E-state index contributed by atoms with van der Waals surface area (Å²) in [5.41, 5.74) is 11.4. The number of primary amides is 1. The Bertz CT molecular complexity index is 1050. The highest BCUT2D eigenvalue weighted by Crippen LogP contribution is 2.39. The van der Waals surface area contributed by atoms with Crippen molar-refractivity contribution in [2.24, 2.45) is 11.1 Å². The maximum atomic E-state index is 11.1. The molecule has 0 fully saturated rings. The van der Waals surface area contributed by atoms with E-state index in [4.69, 9.17) is 14.8 Å². The van der Waals surface area contributed by atoms with Crippen molar-refractivity contribution in [2.45, 2.75) is 59.8 Å². The molecule has 0 bridgehead atoms. The normalized spacial score (nSPS) is 15.3. The van der Waals surface area contributed by atoms with Crippen molar-refractivity contribution >= 4 is 5.91 Å². The summed E-state index contributed by atoms with van der Waals surface area (Å²) < 4.78 is 11.1. The molecule has 1 aromatic carbocycles. The Balaban J connectivity index is 1.62. The number of benzene rings is 1. The van der Waals surface area contributed by atoms with Gasteiger partial charge in [-0.05, 0) is 67.3 Å². The summed E-state index contributed by atoms with van der Waals surface area (Å²) in [6.45, 7) is 8.51. The van der Waals surface area contributed by atoms with Crippen molar-refractivity contribution < 1.29 is 13.8 Å². The second-order valence-electron chi connectivity index (χ2n) is 8.75. The number of carbonyl (C=O) groups is 1. The van der Waals surface area contributed by atoms with Gasteiger partial charge in [-0.3, -0.25) is 4.79 Å². The molecule has 1 aliphatic carbocycles. The molecule has 7 heteroatoms. The fourth-order valence-corrected chi connectivity index (χ4v) is 4.10. The first-order chi connectivity index (χ1) is 13.7. The van der Waals surface area contributed by atoms with Crippen LogP contribution in [0.3, 0.4) is 0 Å². The van der Waals surface area contributed by atoms with Crippen LogP contribution in [0.25, 0.3) is 23.0 Å². The lowest BCUT2D eigenvalue weighted by Gasteiger charge is -2.27.